The van der Waals surface area contributed by atoms with Crippen molar-refractivity contribution >= 4 is 30.1 Å². The fraction of sp³-hybridized carbons (Fsp3) is 0.250. The number of hydrogen-bond acceptors (Lipinski definition) is 4. The van der Waals surface area contributed by atoms with Crippen LogP contribution in [-0.2, 0) is 4.74 Å². The molecule has 0 bridgehead atoms. The summed E-state index contributed by atoms with van der Waals surface area (Å²) in [6.07, 6.45) is 0. The molecule has 1 aliphatic rings. The van der Waals surface area contributed by atoms with Gasteiger partial charge in [-0.05, 0) is 12.1 Å². The highest BCUT2D eigenvalue weighted by atomic mass is 31.1. The average Bonchev–Trinajstić information content (AvgIpc) is 2.72. The SMILES string of the molecule is c1ccc2c(c1)op(N1CCOCC1)oc1ccccc12. The molecule has 4 rings (SSSR count). The van der Waals surface area contributed by atoms with Crippen molar-refractivity contribution in [3.8, 4) is 0 Å². The monoisotopic (exact) mass is 301 g/mol. The molecule has 108 valence electrons. The Bertz CT molecular complexity index is 751. The van der Waals surface area contributed by atoms with Gasteiger partial charge >= 0.3 is 8.16 Å². The summed E-state index contributed by atoms with van der Waals surface area (Å²) in [6.45, 7) is 3.15. The average molecular weight is 301 g/mol. The van der Waals surface area contributed by atoms with Gasteiger partial charge in [0.05, 0.1) is 13.2 Å². The van der Waals surface area contributed by atoms with E-state index in [0.29, 0.717) is 0 Å². The first kappa shape index (κ1) is 13.0. The molecule has 0 spiro atoms. The van der Waals surface area contributed by atoms with Crippen LogP contribution >= 0.6 is 8.16 Å². The normalized spacial score (nSPS) is 16.4. The summed E-state index contributed by atoms with van der Waals surface area (Å²) >= 11 is 0. The van der Waals surface area contributed by atoms with Gasteiger partial charge in [0.25, 0.3) is 0 Å². The van der Waals surface area contributed by atoms with E-state index in [9.17, 15) is 0 Å². The Morgan fingerprint density at radius 1 is 0.762 bits per heavy atom. The molecule has 3 aromatic rings. The lowest BCUT2D eigenvalue weighted by molar-refractivity contribution is 0.125. The van der Waals surface area contributed by atoms with Crippen LogP contribution in [0, 0.1) is 0 Å². The molecule has 0 aliphatic carbocycles. The third-order valence-electron chi connectivity index (χ3n) is 3.64. The largest absolute Gasteiger partial charge is 0.408 e. The van der Waals surface area contributed by atoms with Crippen molar-refractivity contribution in [2.45, 2.75) is 0 Å². The van der Waals surface area contributed by atoms with Crippen LogP contribution in [0.25, 0.3) is 21.9 Å². The Labute approximate surface area is 123 Å². The molecule has 1 fully saturated rings. The van der Waals surface area contributed by atoms with Gasteiger partial charge < -0.3 is 13.1 Å². The standard InChI is InChI=1S/C16H16NO3P/c1-3-7-15-13(5-1)14-6-2-4-8-16(14)20-21(19-15)17-9-11-18-12-10-17/h1-8H,9-12H2. The van der Waals surface area contributed by atoms with Gasteiger partial charge in [-0.25, -0.2) is 0 Å². The van der Waals surface area contributed by atoms with Gasteiger partial charge in [0.2, 0.25) is 0 Å². The van der Waals surface area contributed by atoms with E-state index < -0.39 is 8.16 Å². The maximum atomic E-state index is 6.19. The summed E-state index contributed by atoms with van der Waals surface area (Å²) in [5.41, 5.74) is 1.78. The van der Waals surface area contributed by atoms with E-state index in [1.807, 2.05) is 36.4 Å². The molecule has 21 heavy (non-hydrogen) atoms. The zero-order valence-corrected chi connectivity index (χ0v) is 12.5. The van der Waals surface area contributed by atoms with E-state index >= 15 is 0 Å². The van der Waals surface area contributed by atoms with E-state index in [1.54, 1.807) is 0 Å². The quantitative estimate of drug-likeness (QED) is 0.673. The van der Waals surface area contributed by atoms with Crippen LogP contribution in [-0.4, -0.2) is 26.3 Å². The third kappa shape index (κ3) is 2.46. The van der Waals surface area contributed by atoms with Crippen LogP contribution in [0.15, 0.2) is 56.9 Å². The topological polar surface area (TPSA) is 38.8 Å². The van der Waals surface area contributed by atoms with Gasteiger partial charge in [0, 0.05) is 23.9 Å². The van der Waals surface area contributed by atoms with Crippen LogP contribution in [0.1, 0.15) is 0 Å². The van der Waals surface area contributed by atoms with E-state index in [-0.39, 0.29) is 0 Å². The van der Waals surface area contributed by atoms with Gasteiger partial charge in [0.15, 0.2) is 0 Å². The highest BCUT2D eigenvalue weighted by Gasteiger charge is 2.17. The van der Waals surface area contributed by atoms with Crippen LogP contribution in [0.4, 0.5) is 0 Å². The molecule has 1 aromatic heterocycles. The van der Waals surface area contributed by atoms with Gasteiger partial charge in [-0.3, -0.25) is 0 Å². The molecule has 0 saturated carbocycles. The first-order valence-corrected chi connectivity index (χ1v) is 8.22. The van der Waals surface area contributed by atoms with Gasteiger partial charge in [0.1, 0.15) is 11.2 Å². The lowest BCUT2D eigenvalue weighted by Crippen LogP contribution is -2.33. The van der Waals surface area contributed by atoms with Gasteiger partial charge in [-0.15, -0.1) is 0 Å². The zero-order valence-electron chi connectivity index (χ0n) is 11.6. The Morgan fingerprint density at radius 2 is 1.29 bits per heavy atom. The molecule has 1 saturated heterocycles. The first-order valence-electron chi connectivity index (χ1n) is 7.09. The summed E-state index contributed by atoms with van der Waals surface area (Å²) in [5, 5.41) is 2.18. The lowest BCUT2D eigenvalue weighted by atomic mass is 10.1. The summed E-state index contributed by atoms with van der Waals surface area (Å²) in [7, 11) is -1.14. The minimum Gasteiger partial charge on any atom is -0.408 e. The minimum atomic E-state index is -1.14. The molecule has 0 amide bonds. The number of benzene rings is 2. The fourth-order valence-electron chi connectivity index (χ4n) is 2.56. The molecule has 2 heterocycles. The van der Waals surface area contributed by atoms with Crippen LogP contribution in [0.5, 0.6) is 0 Å². The molecule has 4 nitrogen and oxygen atoms in total. The number of morpholine rings is 1. The Hall–Kier alpha value is -1.74. The van der Waals surface area contributed by atoms with Crippen molar-refractivity contribution in [1.82, 2.24) is 0 Å². The fourth-order valence-corrected chi connectivity index (χ4v) is 3.97. The van der Waals surface area contributed by atoms with Crippen molar-refractivity contribution in [3.05, 3.63) is 48.5 Å². The molecular formula is C16H16NO3P. The van der Waals surface area contributed by atoms with Crippen molar-refractivity contribution in [2.24, 2.45) is 0 Å². The van der Waals surface area contributed by atoms with Crippen LogP contribution in [0.2, 0.25) is 0 Å². The molecule has 0 N–H and O–H groups in total. The maximum Gasteiger partial charge on any atom is 0.309 e. The van der Waals surface area contributed by atoms with E-state index in [4.69, 9.17) is 13.1 Å². The third-order valence-corrected chi connectivity index (χ3v) is 5.20. The number of para-hydroxylation sites is 2. The summed E-state index contributed by atoms with van der Waals surface area (Å²) in [4.78, 5) is 0. The lowest BCUT2D eigenvalue weighted by Gasteiger charge is -2.22. The number of ether oxygens (including phenoxy) is 1. The second-order valence-corrected chi connectivity index (χ2v) is 6.39. The number of rotatable bonds is 1. The highest BCUT2D eigenvalue weighted by molar-refractivity contribution is 7.38. The molecule has 0 atom stereocenters. The predicted molar refractivity (Wildman–Crippen MR) is 85.1 cm³/mol. The highest BCUT2D eigenvalue weighted by Crippen LogP contribution is 2.36. The van der Waals surface area contributed by atoms with E-state index in [0.717, 1.165) is 48.2 Å². The maximum absolute atomic E-state index is 6.19. The molecule has 5 heteroatoms. The van der Waals surface area contributed by atoms with Crippen molar-refractivity contribution in [1.29, 1.82) is 0 Å². The Balaban J connectivity index is 2.02. The second kappa shape index (κ2) is 5.57. The molecule has 1 aliphatic heterocycles. The Kier molecular flexibility index (Phi) is 3.44. The summed E-state index contributed by atoms with van der Waals surface area (Å²) < 4.78 is 20.0. The van der Waals surface area contributed by atoms with E-state index in [1.165, 1.54) is 0 Å². The molecule has 0 unspecified atom stereocenters. The molecule has 0 radical (unpaired) electrons. The zero-order chi connectivity index (χ0) is 14.1. The second-order valence-electron chi connectivity index (χ2n) is 4.98. The number of fused-ring (bicyclic) bond motifs is 3. The summed E-state index contributed by atoms with van der Waals surface area (Å²) in [5.74, 6) is 0. The smallest absolute Gasteiger partial charge is 0.309 e. The first-order chi connectivity index (χ1) is 10.4. The van der Waals surface area contributed by atoms with Gasteiger partial charge in [-0.1, -0.05) is 36.4 Å². The van der Waals surface area contributed by atoms with E-state index in [2.05, 4.69) is 16.8 Å². The van der Waals surface area contributed by atoms with Crippen LogP contribution < -0.4 is 4.67 Å². The summed E-state index contributed by atoms with van der Waals surface area (Å²) in [6, 6.07) is 16.2. The number of hydrogen-bond donors (Lipinski definition) is 0. The van der Waals surface area contributed by atoms with Crippen molar-refractivity contribution in [3.63, 3.8) is 0 Å². The molecular weight excluding hydrogens is 285 g/mol. The predicted octanol–water partition coefficient (Wildman–Crippen LogP) is 4.26. The van der Waals surface area contributed by atoms with Crippen molar-refractivity contribution < 1.29 is 13.1 Å². The Morgan fingerprint density at radius 3 is 1.86 bits per heavy atom. The van der Waals surface area contributed by atoms with Crippen molar-refractivity contribution in [2.75, 3.05) is 31.0 Å². The molecule has 2 aromatic carbocycles. The minimum absolute atomic E-state index is 0.731. The number of nitrogens with zero attached hydrogens (tertiary/aromatic N) is 1. The van der Waals surface area contributed by atoms with Crippen LogP contribution in [0.3, 0.4) is 0 Å². The van der Waals surface area contributed by atoms with Gasteiger partial charge in [-0.2, -0.15) is 4.67 Å².